The second-order valence-electron chi connectivity index (χ2n) is 9.13. The van der Waals surface area contributed by atoms with E-state index in [4.69, 9.17) is 17.2 Å². The highest BCUT2D eigenvalue weighted by atomic mass is 32.1. The lowest BCUT2D eigenvalue weighted by Gasteiger charge is -2.36. The molecule has 0 unspecified atom stereocenters. The summed E-state index contributed by atoms with van der Waals surface area (Å²) in [6.07, 6.45) is 0. The van der Waals surface area contributed by atoms with Crippen molar-refractivity contribution in [2.24, 2.45) is 14.1 Å². The molecular weight excluding hydrogens is 474 g/mol. The molecule has 0 aliphatic carbocycles. The maximum atomic E-state index is 13.2. The Hall–Kier alpha value is -3.92. The first kappa shape index (κ1) is 23.8. The van der Waals surface area contributed by atoms with Crippen LogP contribution in [0.5, 0.6) is 0 Å². The van der Waals surface area contributed by atoms with Gasteiger partial charge in [0.2, 0.25) is 5.95 Å². The molecule has 2 aromatic heterocycles. The largest absolute Gasteiger partial charge is 0.345 e. The number of hydrogen-bond acceptors (Lipinski definition) is 5. The van der Waals surface area contributed by atoms with Crippen LogP contribution in [0.25, 0.3) is 11.2 Å². The zero-order chi connectivity index (χ0) is 25.4. The van der Waals surface area contributed by atoms with E-state index in [1.807, 2.05) is 41.8 Å². The number of thiocarbonyl (C=S) groups is 1. The number of para-hydroxylation sites is 1. The third kappa shape index (κ3) is 4.39. The minimum Gasteiger partial charge on any atom is -0.345 e. The highest BCUT2D eigenvalue weighted by Crippen LogP contribution is 2.23. The van der Waals surface area contributed by atoms with Crippen LogP contribution < -0.4 is 21.5 Å². The zero-order valence-electron chi connectivity index (χ0n) is 20.6. The van der Waals surface area contributed by atoms with Gasteiger partial charge in [-0.05, 0) is 36.8 Å². The highest BCUT2D eigenvalue weighted by molar-refractivity contribution is 7.80. The summed E-state index contributed by atoms with van der Waals surface area (Å²) in [5.41, 5.74) is 3.29. The highest BCUT2D eigenvalue weighted by Gasteiger charge is 2.26. The molecule has 1 fully saturated rings. The molecule has 4 aromatic rings. The van der Waals surface area contributed by atoms with E-state index in [0.29, 0.717) is 54.9 Å². The Bertz CT molecular complexity index is 1530. The van der Waals surface area contributed by atoms with Crippen molar-refractivity contribution in [3.8, 4) is 0 Å². The fourth-order valence-corrected chi connectivity index (χ4v) is 4.84. The van der Waals surface area contributed by atoms with Crippen LogP contribution in [0.2, 0.25) is 0 Å². The molecule has 186 valence electrons. The number of benzene rings is 2. The van der Waals surface area contributed by atoms with Gasteiger partial charge in [-0.1, -0.05) is 48.0 Å². The first-order valence-corrected chi connectivity index (χ1v) is 12.3. The van der Waals surface area contributed by atoms with E-state index in [0.717, 1.165) is 15.8 Å². The van der Waals surface area contributed by atoms with E-state index < -0.39 is 0 Å². The van der Waals surface area contributed by atoms with Crippen molar-refractivity contribution >= 4 is 40.1 Å². The van der Waals surface area contributed by atoms with Crippen LogP contribution >= 0.6 is 12.2 Å². The molecule has 0 radical (unpaired) electrons. The predicted molar refractivity (Wildman–Crippen MR) is 147 cm³/mol. The van der Waals surface area contributed by atoms with Crippen LogP contribution in [0.4, 0.5) is 11.6 Å². The summed E-state index contributed by atoms with van der Waals surface area (Å²) in [5.74, 6) is 0.686. The standard InChI is InChI=1S/C26H29N7O2S/c1-18-9-11-19(12-10-18)17-33-21-22(29(2)26(35)30(3)23(21)34)28-24(33)31-13-15-32(16-14-31)25(36)27-20-7-5-4-6-8-20/h4-12H,13-17H2,1-3H3,(H,27,36). The molecular formula is C26H29N7O2S. The van der Waals surface area contributed by atoms with Gasteiger partial charge in [0.1, 0.15) is 0 Å². The van der Waals surface area contributed by atoms with Gasteiger partial charge in [-0.25, -0.2) is 4.79 Å². The summed E-state index contributed by atoms with van der Waals surface area (Å²) in [5, 5.41) is 3.99. The van der Waals surface area contributed by atoms with Crippen molar-refractivity contribution in [3.63, 3.8) is 0 Å². The van der Waals surface area contributed by atoms with Gasteiger partial charge in [-0.3, -0.25) is 18.5 Å². The average molecular weight is 504 g/mol. The Balaban J connectivity index is 1.46. The first-order valence-electron chi connectivity index (χ1n) is 11.9. The summed E-state index contributed by atoms with van der Waals surface area (Å²) in [7, 11) is 3.16. The van der Waals surface area contributed by atoms with Gasteiger partial charge in [-0.2, -0.15) is 4.98 Å². The molecule has 0 amide bonds. The molecule has 5 rings (SSSR count). The van der Waals surface area contributed by atoms with Crippen LogP contribution in [0, 0.1) is 6.92 Å². The van der Waals surface area contributed by atoms with Gasteiger partial charge >= 0.3 is 5.69 Å². The normalized spacial score (nSPS) is 13.9. The van der Waals surface area contributed by atoms with E-state index >= 15 is 0 Å². The van der Waals surface area contributed by atoms with Crippen molar-refractivity contribution in [2.45, 2.75) is 13.5 Å². The van der Waals surface area contributed by atoms with Crippen molar-refractivity contribution in [1.29, 1.82) is 0 Å². The number of nitrogens with zero attached hydrogens (tertiary/aromatic N) is 6. The summed E-state index contributed by atoms with van der Waals surface area (Å²) in [6, 6.07) is 18.1. The number of aryl methyl sites for hydroxylation is 2. The lowest BCUT2D eigenvalue weighted by molar-refractivity contribution is 0.386. The van der Waals surface area contributed by atoms with E-state index in [2.05, 4.69) is 39.4 Å². The van der Waals surface area contributed by atoms with Gasteiger partial charge in [0, 0.05) is 46.0 Å². The van der Waals surface area contributed by atoms with Crippen molar-refractivity contribution in [1.82, 2.24) is 23.6 Å². The number of anilines is 2. The summed E-state index contributed by atoms with van der Waals surface area (Å²) >= 11 is 5.64. The molecule has 0 bridgehead atoms. The van der Waals surface area contributed by atoms with E-state index in [1.54, 1.807) is 7.05 Å². The quantitative estimate of drug-likeness (QED) is 0.428. The van der Waals surface area contributed by atoms with Crippen molar-refractivity contribution < 1.29 is 0 Å². The molecule has 3 heterocycles. The molecule has 2 aromatic carbocycles. The molecule has 36 heavy (non-hydrogen) atoms. The SMILES string of the molecule is Cc1ccc(Cn2c(N3CCN(C(=S)Nc4ccccc4)CC3)nc3c2c(=O)n(C)c(=O)n3C)cc1. The van der Waals surface area contributed by atoms with Gasteiger partial charge in [0.25, 0.3) is 5.56 Å². The Labute approximate surface area is 214 Å². The molecule has 10 heteroatoms. The summed E-state index contributed by atoms with van der Waals surface area (Å²) < 4.78 is 4.53. The third-order valence-corrected chi connectivity index (χ3v) is 7.02. The van der Waals surface area contributed by atoms with Crippen LogP contribution in [0.15, 0.2) is 64.2 Å². The molecule has 0 atom stereocenters. The number of imidazole rings is 1. The lowest BCUT2D eigenvalue weighted by Crippen LogP contribution is -2.50. The Morgan fingerprint density at radius 1 is 0.944 bits per heavy atom. The van der Waals surface area contributed by atoms with Gasteiger partial charge < -0.3 is 15.1 Å². The van der Waals surface area contributed by atoms with E-state index in [-0.39, 0.29) is 11.2 Å². The topological polar surface area (TPSA) is 80.3 Å². The number of nitrogens with one attached hydrogen (secondary N) is 1. The molecule has 1 saturated heterocycles. The molecule has 0 spiro atoms. The second kappa shape index (κ2) is 9.62. The van der Waals surface area contributed by atoms with Gasteiger partial charge in [0.15, 0.2) is 16.3 Å². The number of aromatic nitrogens is 4. The Morgan fingerprint density at radius 3 is 2.28 bits per heavy atom. The molecule has 1 aliphatic heterocycles. The van der Waals surface area contributed by atoms with Gasteiger partial charge in [0.05, 0.1) is 6.54 Å². The van der Waals surface area contributed by atoms with Crippen molar-refractivity contribution in [3.05, 3.63) is 86.6 Å². The smallest absolute Gasteiger partial charge is 0.332 e. The Morgan fingerprint density at radius 2 is 1.61 bits per heavy atom. The summed E-state index contributed by atoms with van der Waals surface area (Å²) in [6.45, 7) is 5.31. The average Bonchev–Trinajstić information content (AvgIpc) is 3.27. The fraction of sp³-hybridized carbons (Fsp3) is 0.308. The van der Waals surface area contributed by atoms with Crippen LogP contribution in [-0.2, 0) is 20.6 Å². The summed E-state index contributed by atoms with van der Waals surface area (Å²) in [4.78, 5) is 34.9. The van der Waals surface area contributed by atoms with Crippen LogP contribution in [0.3, 0.4) is 0 Å². The Kier molecular flexibility index (Phi) is 6.36. The zero-order valence-corrected chi connectivity index (χ0v) is 21.5. The molecule has 0 saturated carbocycles. The number of hydrogen-bond donors (Lipinski definition) is 1. The monoisotopic (exact) mass is 503 g/mol. The van der Waals surface area contributed by atoms with Crippen LogP contribution in [0.1, 0.15) is 11.1 Å². The molecule has 1 N–H and O–H groups in total. The minimum absolute atomic E-state index is 0.342. The number of piperazine rings is 1. The number of fused-ring (bicyclic) bond motifs is 1. The van der Waals surface area contributed by atoms with Gasteiger partial charge in [-0.15, -0.1) is 0 Å². The third-order valence-electron chi connectivity index (χ3n) is 6.66. The van der Waals surface area contributed by atoms with E-state index in [9.17, 15) is 9.59 Å². The van der Waals surface area contributed by atoms with E-state index in [1.165, 1.54) is 17.2 Å². The minimum atomic E-state index is -0.388. The first-order chi connectivity index (χ1) is 17.3. The maximum absolute atomic E-state index is 13.2. The molecule has 1 aliphatic rings. The van der Waals surface area contributed by atoms with Crippen molar-refractivity contribution in [2.75, 3.05) is 36.4 Å². The second-order valence-corrected chi connectivity index (χ2v) is 9.52. The predicted octanol–water partition coefficient (Wildman–Crippen LogP) is 2.31. The van der Waals surface area contributed by atoms with Crippen LogP contribution in [-0.4, -0.2) is 54.9 Å². The molecule has 9 nitrogen and oxygen atoms in total. The lowest BCUT2D eigenvalue weighted by atomic mass is 10.1. The number of rotatable bonds is 4. The fourth-order valence-electron chi connectivity index (χ4n) is 4.54. The maximum Gasteiger partial charge on any atom is 0.332 e.